The van der Waals surface area contributed by atoms with E-state index in [0.717, 1.165) is 31.3 Å². The minimum atomic E-state index is 0.111. The molecule has 0 aliphatic rings. The van der Waals surface area contributed by atoms with Gasteiger partial charge in [-0.25, -0.2) is 0 Å². The molecular formula is C12H18N2. The zero-order chi connectivity index (χ0) is 11.0. The molecule has 0 aromatic carbocycles. The molecule has 0 spiro atoms. The minimum absolute atomic E-state index is 0.111. The maximum absolute atomic E-state index is 8.58. The van der Waals surface area contributed by atoms with E-state index < -0.39 is 0 Å². The van der Waals surface area contributed by atoms with Gasteiger partial charge in [-0.1, -0.05) is 12.2 Å². The lowest BCUT2D eigenvalue weighted by Crippen LogP contribution is -1.94. The van der Waals surface area contributed by atoms with Gasteiger partial charge in [0.2, 0.25) is 0 Å². The lowest BCUT2D eigenvalue weighted by Gasteiger charge is -2.07. The van der Waals surface area contributed by atoms with Crippen molar-refractivity contribution in [1.29, 1.82) is 10.5 Å². The Morgan fingerprint density at radius 1 is 1.07 bits per heavy atom. The molecule has 0 rings (SSSR count). The van der Waals surface area contributed by atoms with Crippen LogP contribution in [0.3, 0.4) is 0 Å². The maximum atomic E-state index is 8.58. The van der Waals surface area contributed by atoms with E-state index in [1.807, 2.05) is 13.8 Å². The van der Waals surface area contributed by atoms with Gasteiger partial charge in [0, 0.05) is 11.8 Å². The van der Waals surface area contributed by atoms with Crippen molar-refractivity contribution < 1.29 is 0 Å². The molecule has 2 nitrogen and oxygen atoms in total. The summed E-state index contributed by atoms with van der Waals surface area (Å²) in [5.74, 6) is 0.222. The molecule has 14 heavy (non-hydrogen) atoms. The topological polar surface area (TPSA) is 47.6 Å². The van der Waals surface area contributed by atoms with Crippen molar-refractivity contribution in [2.24, 2.45) is 11.8 Å². The summed E-state index contributed by atoms with van der Waals surface area (Å²) < 4.78 is 0. The molecule has 2 heteroatoms. The molecule has 0 saturated carbocycles. The van der Waals surface area contributed by atoms with Gasteiger partial charge in [-0.3, -0.25) is 0 Å². The highest BCUT2D eigenvalue weighted by Crippen LogP contribution is 2.16. The van der Waals surface area contributed by atoms with E-state index in [9.17, 15) is 0 Å². The van der Waals surface area contributed by atoms with Gasteiger partial charge in [-0.2, -0.15) is 10.5 Å². The fraction of sp³-hybridized carbons (Fsp3) is 0.667. The Hall–Kier alpha value is -1.28. The Morgan fingerprint density at radius 2 is 1.43 bits per heavy atom. The van der Waals surface area contributed by atoms with E-state index in [1.54, 1.807) is 0 Å². The third kappa shape index (κ3) is 6.26. The Kier molecular flexibility index (Phi) is 6.50. The number of nitrogens with zero attached hydrogens (tertiary/aromatic N) is 2. The second-order valence-corrected chi connectivity index (χ2v) is 3.89. The van der Waals surface area contributed by atoms with Crippen LogP contribution in [0.4, 0.5) is 0 Å². The van der Waals surface area contributed by atoms with Gasteiger partial charge in [-0.15, -0.1) is 0 Å². The molecule has 0 aliphatic carbocycles. The summed E-state index contributed by atoms with van der Waals surface area (Å²) in [5.41, 5.74) is 1.16. The van der Waals surface area contributed by atoms with Gasteiger partial charge in [-0.05, 0) is 39.5 Å². The molecule has 2 atom stereocenters. The Morgan fingerprint density at radius 3 is 1.71 bits per heavy atom. The first-order chi connectivity index (χ1) is 6.60. The zero-order valence-corrected chi connectivity index (χ0v) is 9.08. The fourth-order valence-electron chi connectivity index (χ4n) is 1.10. The van der Waals surface area contributed by atoms with Crippen LogP contribution in [-0.2, 0) is 0 Å². The van der Waals surface area contributed by atoms with Crippen LogP contribution in [-0.4, -0.2) is 0 Å². The smallest absolute Gasteiger partial charge is 0.0652 e. The highest BCUT2D eigenvalue weighted by Gasteiger charge is 2.04. The largest absolute Gasteiger partial charge is 0.198 e. The first-order valence-electron chi connectivity index (χ1n) is 5.06. The van der Waals surface area contributed by atoms with Crippen molar-refractivity contribution in [1.82, 2.24) is 0 Å². The summed E-state index contributed by atoms with van der Waals surface area (Å²) in [6.07, 6.45) is 3.59. The molecule has 76 valence electrons. The van der Waals surface area contributed by atoms with E-state index >= 15 is 0 Å². The first kappa shape index (κ1) is 12.7. The van der Waals surface area contributed by atoms with Crippen LogP contribution in [0.25, 0.3) is 0 Å². The van der Waals surface area contributed by atoms with Crippen LogP contribution < -0.4 is 0 Å². The van der Waals surface area contributed by atoms with E-state index in [4.69, 9.17) is 10.5 Å². The van der Waals surface area contributed by atoms with Crippen molar-refractivity contribution in [2.45, 2.75) is 39.5 Å². The Bertz CT molecular complexity index is 228. The highest BCUT2D eigenvalue weighted by molar-refractivity contribution is 4.97. The van der Waals surface area contributed by atoms with Crippen molar-refractivity contribution >= 4 is 0 Å². The summed E-state index contributed by atoms with van der Waals surface area (Å²) in [6.45, 7) is 7.79. The van der Waals surface area contributed by atoms with Gasteiger partial charge in [0.25, 0.3) is 0 Å². The number of hydrogen-bond acceptors (Lipinski definition) is 2. The molecule has 0 N–H and O–H groups in total. The SMILES string of the molecule is C=C(CCC(C)C#N)CCC(C)C#N. The molecule has 0 radical (unpaired) electrons. The van der Waals surface area contributed by atoms with E-state index in [0.29, 0.717) is 0 Å². The summed E-state index contributed by atoms with van der Waals surface area (Å²) in [5, 5.41) is 17.2. The summed E-state index contributed by atoms with van der Waals surface area (Å²) in [7, 11) is 0. The molecule has 0 amide bonds. The third-order valence-electron chi connectivity index (χ3n) is 2.30. The average Bonchev–Trinajstić information content (AvgIpc) is 2.22. The molecular weight excluding hydrogens is 172 g/mol. The van der Waals surface area contributed by atoms with E-state index in [-0.39, 0.29) is 11.8 Å². The molecule has 0 aromatic heterocycles. The van der Waals surface area contributed by atoms with Gasteiger partial charge in [0.1, 0.15) is 0 Å². The summed E-state index contributed by atoms with van der Waals surface area (Å²) >= 11 is 0. The van der Waals surface area contributed by atoms with Crippen LogP contribution in [0.2, 0.25) is 0 Å². The van der Waals surface area contributed by atoms with Crippen LogP contribution in [0.15, 0.2) is 12.2 Å². The second kappa shape index (κ2) is 7.15. The second-order valence-electron chi connectivity index (χ2n) is 3.89. The van der Waals surface area contributed by atoms with Crippen molar-refractivity contribution in [3.63, 3.8) is 0 Å². The lowest BCUT2D eigenvalue weighted by atomic mass is 9.97. The van der Waals surface area contributed by atoms with Gasteiger partial charge in [0.05, 0.1) is 12.1 Å². The predicted molar refractivity (Wildman–Crippen MR) is 57.2 cm³/mol. The van der Waals surface area contributed by atoms with Gasteiger partial charge < -0.3 is 0 Å². The molecule has 2 unspecified atom stereocenters. The minimum Gasteiger partial charge on any atom is -0.198 e. The van der Waals surface area contributed by atoms with E-state index in [2.05, 4.69) is 18.7 Å². The molecule has 0 aromatic rings. The lowest BCUT2D eigenvalue weighted by molar-refractivity contribution is 0.608. The normalized spacial score (nSPS) is 13.7. The van der Waals surface area contributed by atoms with Crippen molar-refractivity contribution in [3.05, 3.63) is 12.2 Å². The van der Waals surface area contributed by atoms with Gasteiger partial charge in [0.15, 0.2) is 0 Å². The fourth-order valence-corrected chi connectivity index (χ4v) is 1.10. The van der Waals surface area contributed by atoms with Crippen molar-refractivity contribution in [2.75, 3.05) is 0 Å². The highest BCUT2D eigenvalue weighted by atomic mass is 14.3. The molecule has 0 fully saturated rings. The molecule has 0 saturated heterocycles. The van der Waals surface area contributed by atoms with Crippen LogP contribution in [0.5, 0.6) is 0 Å². The molecule has 0 aliphatic heterocycles. The van der Waals surface area contributed by atoms with Crippen molar-refractivity contribution in [3.8, 4) is 12.1 Å². The molecule has 0 heterocycles. The first-order valence-corrected chi connectivity index (χ1v) is 5.06. The summed E-state index contributed by atoms with van der Waals surface area (Å²) in [4.78, 5) is 0. The Balaban J connectivity index is 3.58. The standard InChI is InChI=1S/C12H18N2/c1-10(4-6-11(2)8-13)5-7-12(3)9-14/h11-12H,1,4-7H2,2-3H3. The number of nitriles is 2. The Labute approximate surface area is 86.8 Å². The number of allylic oxidation sites excluding steroid dienone is 1. The summed E-state index contributed by atoms with van der Waals surface area (Å²) in [6, 6.07) is 4.41. The van der Waals surface area contributed by atoms with Crippen LogP contribution in [0, 0.1) is 34.5 Å². The third-order valence-corrected chi connectivity index (χ3v) is 2.30. The quantitative estimate of drug-likeness (QED) is 0.602. The van der Waals surface area contributed by atoms with Crippen LogP contribution in [0.1, 0.15) is 39.5 Å². The number of hydrogen-bond donors (Lipinski definition) is 0. The predicted octanol–water partition coefficient (Wildman–Crippen LogP) is 3.42. The van der Waals surface area contributed by atoms with Crippen LogP contribution >= 0.6 is 0 Å². The molecule has 0 bridgehead atoms. The zero-order valence-electron chi connectivity index (χ0n) is 9.08. The monoisotopic (exact) mass is 190 g/mol. The average molecular weight is 190 g/mol. The number of rotatable bonds is 6. The van der Waals surface area contributed by atoms with E-state index in [1.165, 1.54) is 0 Å². The maximum Gasteiger partial charge on any atom is 0.0652 e. The van der Waals surface area contributed by atoms with Gasteiger partial charge >= 0.3 is 0 Å².